The molecule has 0 aliphatic heterocycles. The fraction of sp³-hybridized carbons (Fsp3) is 0.421. The minimum atomic E-state index is -1.29. The maximum Gasteiger partial charge on any atom is 0.407 e. The summed E-state index contributed by atoms with van der Waals surface area (Å²) in [6.45, 7) is 5.45. The Morgan fingerprint density at radius 3 is 2.46 bits per heavy atom. The molecule has 142 valence electrons. The number of amides is 2. The maximum absolute atomic E-state index is 12.3. The standard InChI is InChI=1S/C19H26N2O5/c1-3-4-5-9-12-25-19(24)21-17(14(2)18(20)23)16(22)13-26-15-10-7-6-8-11-15/h6-8,10-11,17H,2-5,9,12-13H2,1H3,(H2,20,23)(H,21,24)/t17-/m1/s1. The van der Waals surface area contributed by atoms with Gasteiger partial charge in [0.1, 0.15) is 18.4 Å². The molecule has 0 heterocycles. The molecule has 0 radical (unpaired) electrons. The summed E-state index contributed by atoms with van der Waals surface area (Å²) in [4.78, 5) is 35.6. The van der Waals surface area contributed by atoms with Crippen LogP contribution in [0.25, 0.3) is 0 Å². The number of nitrogens with one attached hydrogen (secondary N) is 1. The highest BCUT2D eigenvalue weighted by atomic mass is 16.5. The summed E-state index contributed by atoms with van der Waals surface area (Å²) < 4.78 is 10.4. The first-order valence-corrected chi connectivity index (χ1v) is 8.58. The van der Waals surface area contributed by atoms with E-state index in [2.05, 4.69) is 18.8 Å². The van der Waals surface area contributed by atoms with E-state index in [-0.39, 0.29) is 18.8 Å². The topological polar surface area (TPSA) is 108 Å². The molecule has 2 amide bonds. The molecular formula is C19H26N2O5. The normalized spacial score (nSPS) is 11.3. The van der Waals surface area contributed by atoms with Crippen LogP contribution in [0.15, 0.2) is 42.5 Å². The van der Waals surface area contributed by atoms with E-state index < -0.39 is 23.8 Å². The Morgan fingerprint density at radius 2 is 1.85 bits per heavy atom. The number of nitrogens with two attached hydrogens (primary N) is 1. The molecule has 0 spiro atoms. The number of ether oxygens (including phenoxy) is 2. The summed E-state index contributed by atoms with van der Waals surface area (Å²) in [7, 11) is 0. The van der Waals surface area contributed by atoms with Crippen LogP contribution in [0.5, 0.6) is 5.75 Å². The van der Waals surface area contributed by atoms with Gasteiger partial charge in [-0.1, -0.05) is 51.0 Å². The second-order valence-corrected chi connectivity index (χ2v) is 5.73. The number of benzene rings is 1. The fourth-order valence-corrected chi connectivity index (χ4v) is 2.11. The van der Waals surface area contributed by atoms with Crippen LogP contribution in [0.1, 0.15) is 32.6 Å². The molecule has 0 saturated carbocycles. The molecule has 1 aromatic rings. The quantitative estimate of drug-likeness (QED) is 0.438. The van der Waals surface area contributed by atoms with Crippen molar-refractivity contribution in [1.29, 1.82) is 0 Å². The summed E-state index contributed by atoms with van der Waals surface area (Å²) in [6, 6.07) is 7.40. The second kappa shape index (κ2) is 11.7. The van der Waals surface area contributed by atoms with Gasteiger partial charge >= 0.3 is 6.09 Å². The van der Waals surface area contributed by atoms with Gasteiger partial charge < -0.3 is 20.5 Å². The van der Waals surface area contributed by atoms with E-state index in [0.29, 0.717) is 5.75 Å². The van der Waals surface area contributed by atoms with Gasteiger partial charge in [-0.15, -0.1) is 0 Å². The molecule has 0 unspecified atom stereocenters. The monoisotopic (exact) mass is 362 g/mol. The predicted molar refractivity (Wildman–Crippen MR) is 97.7 cm³/mol. The number of primary amides is 1. The summed E-state index contributed by atoms with van der Waals surface area (Å²) >= 11 is 0. The van der Waals surface area contributed by atoms with Crippen molar-refractivity contribution in [2.24, 2.45) is 5.73 Å². The molecule has 1 atom stereocenters. The molecule has 26 heavy (non-hydrogen) atoms. The van der Waals surface area contributed by atoms with Crippen LogP contribution in [-0.4, -0.2) is 37.0 Å². The molecule has 0 aliphatic rings. The molecule has 3 N–H and O–H groups in total. The second-order valence-electron chi connectivity index (χ2n) is 5.73. The zero-order valence-corrected chi connectivity index (χ0v) is 15.0. The third kappa shape index (κ3) is 7.83. The van der Waals surface area contributed by atoms with E-state index in [4.69, 9.17) is 15.2 Å². The third-order valence-corrected chi connectivity index (χ3v) is 3.60. The number of para-hydroxylation sites is 1. The summed E-state index contributed by atoms with van der Waals surface area (Å²) in [5.74, 6) is -0.949. The van der Waals surface area contributed by atoms with E-state index >= 15 is 0 Å². The zero-order valence-electron chi connectivity index (χ0n) is 15.0. The molecule has 0 aromatic heterocycles. The lowest BCUT2D eigenvalue weighted by atomic mass is 10.0. The number of alkyl carbamates (subject to hydrolysis) is 1. The number of carbonyl (C=O) groups excluding carboxylic acids is 3. The summed E-state index contributed by atoms with van der Waals surface area (Å²) in [6.07, 6.45) is 3.00. The Balaban J connectivity index is 2.57. The van der Waals surface area contributed by atoms with Crippen LogP contribution < -0.4 is 15.8 Å². The van der Waals surface area contributed by atoms with Gasteiger partial charge in [0.25, 0.3) is 0 Å². The molecule has 1 aromatic carbocycles. The molecule has 7 heteroatoms. The third-order valence-electron chi connectivity index (χ3n) is 3.60. The molecule has 0 aliphatic carbocycles. The largest absolute Gasteiger partial charge is 0.486 e. The fourth-order valence-electron chi connectivity index (χ4n) is 2.11. The van der Waals surface area contributed by atoms with Crippen molar-refractivity contribution in [1.82, 2.24) is 5.32 Å². The maximum atomic E-state index is 12.3. The van der Waals surface area contributed by atoms with Gasteiger partial charge in [0.2, 0.25) is 5.91 Å². The number of carbonyl (C=O) groups is 3. The van der Waals surface area contributed by atoms with Crippen LogP contribution in [0.4, 0.5) is 4.79 Å². The average Bonchev–Trinajstić information content (AvgIpc) is 2.64. The summed E-state index contributed by atoms with van der Waals surface area (Å²) in [5.41, 5.74) is 4.96. The molecule has 0 bridgehead atoms. The van der Waals surface area contributed by atoms with Crippen molar-refractivity contribution in [2.45, 2.75) is 38.6 Å². The lowest BCUT2D eigenvalue weighted by Gasteiger charge is -2.18. The van der Waals surface area contributed by atoms with Crippen molar-refractivity contribution >= 4 is 17.8 Å². The minimum absolute atomic E-state index is 0.227. The average molecular weight is 362 g/mol. The highest BCUT2D eigenvalue weighted by molar-refractivity contribution is 6.03. The van der Waals surface area contributed by atoms with Crippen LogP contribution in [0.3, 0.4) is 0 Å². The molecule has 7 nitrogen and oxygen atoms in total. The van der Waals surface area contributed by atoms with E-state index in [9.17, 15) is 14.4 Å². The Kier molecular flexibility index (Phi) is 9.53. The minimum Gasteiger partial charge on any atom is -0.486 e. The van der Waals surface area contributed by atoms with Gasteiger partial charge in [-0.2, -0.15) is 0 Å². The van der Waals surface area contributed by atoms with Gasteiger partial charge in [-0.25, -0.2) is 4.79 Å². The molecule has 0 saturated heterocycles. The highest BCUT2D eigenvalue weighted by Gasteiger charge is 2.27. The van der Waals surface area contributed by atoms with Crippen molar-refractivity contribution in [3.05, 3.63) is 42.5 Å². The van der Waals surface area contributed by atoms with E-state index in [1.165, 1.54) is 0 Å². The van der Waals surface area contributed by atoms with E-state index in [1.807, 2.05) is 6.07 Å². The van der Waals surface area contributed by atoms with E-state index in [1.54, 1.807) is 24.3 Å². The first-order chi connectivity index (χ1) is 12.5. The number of hydrogen-bond acceptors (Lipinski definition) is 5. The number of hydrogen-bond donors (Lipinski definition) is 2. The SMILES string of the molecule is C=C(C(N)=O)[C@@H](NC(=O)OCCCCCC)C(=O)COc1ccccc1. The lowest BCUT2D eigenvalue weighted by molar-refractivity contribution is -0.124. The van der Waals surface area contributed by atoms with Crippen LogP contribution in [0.2, 0.25) is 0 Å². The predicted octanol–water partition coefficient (Wildman–Crippen LogP) is 2.35. The van der Waals surface area contributed by atoms with Gasteiger partial charge in [0, 0.05) is 5.57 Å². The first-order valence-electron chi connectivity index (χ1n) is 8.58. The van der Waals surface area contributed by atoms with Crippen molar-refractivity contribution in [3.63, 3.8) is 0 Å². The number of Topliss-reactive ketones (excluding diaryl/α,β-unsaturated/α-hetero) is 1. The Hall–Kier alpha value is -2.83. The van der Waals surface area contributed by atoms with Crippen LogP contribution >= 0.6 is 0 Å². The molecule has 1 rings (SSSR count). The van der Waals surface area contributed by atoms with E-state index in [0.717, 1.165) is 25.7 Å². The Bertz CT molecular complexity index is 616. The number of rotatable bonds is 12. The van der Waals surface area contributed by atoms with Crippen LogP contribution in [0, 0.1) is 0 Å². The zero-order chi connectivity index (χ0) is 19.4. The first kappa shape index (κ1) is 21.2. The summed E-state index contributed by atoms with van der Waals surface area (Å²) in [5, 5.41) is 2.33. The van der Waals surface area contributed by atoms with Crippen molar-refractivity contribution in [2.75, 3.05) is 13.2 Å². The highest BCUT2D eigenvalue weighted by Crippen LogP contribution is 2.10. The molecule has 0 fully saturated rings. The molecular weight excluding hydrogens is 336 g/mol. The van der Waals surface area contributed by atoms with Crippen LogP contribution in [-0.2, 0) is 14.3 Å². The smallest absolute Gasteiger partial charge is 0.407 e. The van der Waals surface area contributed by atoms with Crippen molar-refractivity contribution < 1.29 is 23.9 Å². The van der Waals surface area contributed by atoms with Gasteiger partial charge in [-0.05, 0) is 18.6 Å². The lowest BCUT2D eigenvalue weighted by Crippen LogP contribution is -2.47. The number of unbranched alkanes of at least 4 members (excludes halogenated alkanes) is 3. The van der Waals surface area contributed by atoms with Crippen molar-refractivity contribution in [3.8, 4) is 5.75 Å². The Labute approximate surface area is 153 Å². The number of ketones is 1. The Morgan fingerprint density at radius 1 is 1.15 bits per heavy atom. The van der Waals surface area contributed by atoms with Gasteiger partial charge in [0.15, 0.2) is 5.78 Å². The van der Waals surface area contributed by atoms with Gasteiger partial charge in [0.05, 0.1) is 6.61 Å². The van der Waals surface area contributed by atoms with Gasteiger partial charge in [-0.3, -0.25) is 9.59 Å².